The number of rotatable bonds is 4. The van der Waals surface area contributed by atoms with Gasteiger partial charge < -0.3 is 14.4 Å². The zero-order valence-electron chi connectivity index (χ0n) is 17.4. The molecule has 3 heterocycles. The first-order chi connectivity index (χ1) is 15.0. The van der Waals surface area contributed by atoms with Crippen LogP contribution >= 0.6 is 23.1 Å². The van der Waals surface area contributed by atoms with Crippen molar-refractivity contribution in [1.29, 1.82) is 0 Å². The van der Waals surface area contributed by atoms with Gasteiger partial charge in [0.05, 0.1) is 27.3 Å². The van der Waals surface area contributed by atoms with Gasteiger partial charge in [-0.2, -0.15) is 0 Å². The van der Waals surface area contributed by atoms with E-state index in [-0.39, 0.29) is 11.5 Å². The first-order valence-electron chi connectivity index (χ1n) is 10.2. The highest BCUT2D eigenvalue weighted by molar-refractivity contribution is 7.99. The normalized spacial score (nSPS) is 14.9. The van der Waals surface area contributed by atoms with Crippen LogP contribution in [0.5, 0.6) is 0 Å². The molecule has 0 atom stereocenters. The average molecular weight is 461 g/mol. The number of aryl methyl sites for hydroxylation is 3. The van der Waals surface area contributed by atoms with Crippen LogP contribution in [0.2, 0.25) is 0 Å². The third-order valence-electron chi connectivity index (χ3n) is 4.99. The number of carboxylic acids is 1. The lowest BCUT2D eigenvalue weighted by Crippen LogP contribution is -2.17. The van der Waals surface area contributed by atoms with Crippen molar-refractivity contribution < 1.29 is 19.4 Å². The fourth-order valence-electron chi connectivity index (χ4n) is 3.59. The highest BCUT2D eigenvalue weighted by atomic mass is 32.2. The number of benzene rings is 1. The Labute approximate surface area is 188 Å². The Balaban J connectivity index is 1.79. The Morgan fingerprint density at radius 1 is 1.26 bits per heavy atom. The van der Waals surface area contributed by atoms with Gasteiger partial charge in [0.2, 0.25) is 5.95 Å². The van der Waals surface area contributed by atoms with Gasteiger partial charge in [0.1, 0.15) is 4.88 Å². The summed E-state index contributed by atoms with van der Waals surface area (Å²) in [4.78, 5) is 35.2. The number of imidazole rings is 1. The van der Waals surface area contributed by atoms with Gasteiger partial charge in [0.15, 0.2) is 0 Å². The summed E-state index contributed by atoms with van der Waals surface area (Å²) < 4.78 is 7.65. The number of aromatic carboxylic acids is 1. The molecule has 0 saturated heterocycles. The molecule has 10 heteroatoms. The Morgan fingerprint density at radius 2 is 2.06 bits per heavy atom. The maximum atomic E-state index is 13.0. The summed E-state index contributed by atoms with van der Waals surface area (Å²) in [5, 5.41) is 13.3. The molecule has 1 aliphatic rings. The predicted octanol–water partition coefficient (Wildman–Crippen LogP) is 4.22. The van der Waals surface area contributed by atoms with Crippen LogP contribution in [0.3, 0.4) is 0 Å². The van der Waals surface area contributed by atoms with Crippen LogP contribution in [0, 0.1) is 6.92 Å². The van der Waals surface area contributed by atoms with E-state index in [1.807, 2.05) is 18.4 Å². The van der Waals surface area contributed by atoms with Gasteiger partial charge >= 0.3 is 5.97 Å². The number of thiazole rings is 1. The third kappa shape index (κ3) is 4.60. The monoisotopic (exact) mass is 460 g/mol. The van der Waals surface area contributed by atoms with E-state index >= 15 is 0 Å². The van der Waals surface area contributed by atoms with Gasteiger partial charge in [-0.1, -0.05) is 6.92 Å². The minimum atomic E-state index is -0.996. The van der Waals surface area contributed by atoms with Crippen molar-refractivity contribution in [2.45, 2.75) is 44.6 Å². The van der Waals surface area contributed by atoms with Crippen molar-refractivity contribution in [3.8, 4) is 0 Å². The van der Waals surface area contributed by atoms with E-state index in [1.165, 1.54) is 11.3 Å². The highest BCUT2D eigenvalue weighted by Gasteiger charge is 2.22. The Bertz CT molecular complexity index is 1140. The summed E-state index contributed by atoms with van der Waals surface area (Å²) in [5.41, 5.74) is 2.37. The average Bonchev–Trinajstić information content (AvgIpc) is 3.27. The van der Waals surface area contributed by atoms with Crippen LogP contribution in [-0.2, 0) is 17.7 Å². The van der Waals surface area contributed by atoms with E-state index in [0.29, 0.717) is 42.5 Å². The minimum absolute atomic E-state index is 0.190. The van der Waals surface area contributed by atoms with E-state index < -0.39 is 5.97 Å². The van der Waals surface area contributed by atoms with Gasteiger partial charge in [-0.05, 0) is 38.3 Å². The number of aromatic nitrogens is 3. The van der Waals surface area contributed by atoms with Crippen LogP contribution in [0.15, 0.2) is 17.0 Å². The summed E-state index contributed by atoms with van der Waals surface area (Å²) in [6.45, 7) is 5.76. The molecule has 0 unspecified atom stereocenters. The van der Waals surface area contributed by atoms with Gasteiger partial charge in [-0.25, -0.2) is 14.8 Å². The van der Waals surface area contributed by atoms with Crippen LogP contribution in [-0.4, -0.2) is 50.5 Å². The zero-order valence-corrected chi connectivity index (χ0v) is 19.1. The molecule has 1 aromatic carbocycles. The van der Waals surface area contributed by atoms with Crippen molar-refractivity contribution in [3.63, 3.8) is 0 Å². The van der Waals surface area contributed by atoms with Crippen molar-refractivity contribution in [3.05, 3.63) is 33.3 Å². The van der Waals surface area contributed by atoms with E-state index in [9.17, 15) is 14.7 Å². The van der Waals surface area contributed by atoms with Gasteiger partial charge in [0.25, 0.3) is 5.91 Å². The van der Waals surface area contributed by atoms with Crippen LogP contribution < -0.4 is 5.32 Å². The molecule has 0 saturated carbocycles. The number of nitrogens with zero attached hydrogens (tertiary/aromatic N) is 3. The molecule has 1 aliphatic heterocycles. The second-order valence-electron chi connectivity index (χ2n) is 7.22. The molecule has 2 aromatic heterocycles. The molecule has 164 valence electrons. The number of thioether (sulfide) groups is 1. The van der Waals surface area contributed by atoms with E-state index in [2.05, 4.69) is 15.3 Å². The van der Waals surface area contributed by atoms with Gasteiger partial charge in [0, 0.05) is 30.4 Å². The Hall–Kier alpha value is -2.43. The van der Waals surface area contributed by atoms with Gasteiger partial charge in [-0.3, -0.25) is 10.1 Å². The first-order valence-corrected chi connectivity index (χ1v) is 12.0. The van der Waals surface area contributed by atoms with Crippen molar-refractivity contribution >= 4 is 52.0 Å². The predicted molar refractivity (Wildman–Crippen MR) is 122 cm³/mol. The minimum Gasteiger partial charge on any atom is -0.478 e. The molecule has 0 aliphatic carbocycles. The molecule has 0 radical (unpaired) electrons. The summed E-state index contributed by atoms with van der Waals surface area (Å²) in [5.74, 6) is -0.0151. The number of anilines is 1. The lowest BCUT2D eigenvalue weighted by atomic mass is 10.2. The lowest BCUT2D eigenvalue weighted by molar-refractivity contribution is 0.0696. The Kier molecular flexibility index (Phi) is 6.59. The molecular weight excluding hydrogens is 436 g/mol. The van der Waals surface area contributed by atoms with E-state index in [0.717, 1.165) is 39.7 Å². The maximum absolute atomic E-state index is 13.0. The molecule has 0 fully saturated rings. The molecular formula is C21H24N4O4S2. The number of carboxylic acid groups (broad SMARTS) is 1. The van der Waals surface area contributed by atoms with E-state index in [4.69, 9.17) is 4.74 Å². The van der Waals surface area contributed by atoms with Crippen molar-refractivity contribution in [1.82, 2.24) is 14.5 Å². The standard InChI is InChI=1S/C21H24N4O4S2/c1-3-14-18(31-12(2)22-14)19(26)24-21-23-15-10-13(20(27)28)11-16-17(15)25(21)6-4-7-29-8-5-9-30-16/h10-11H,3-9H2,1-2H3,(H,27,28)(H,23,24,26). The largest absolute Gasteiger partial charge is 0.478 e. The first kappa shape index (κ1) is 21.8. The zero-order chi connectivity index (χ0) is 22.0. The molecule has 4 rings (SSSR count). The molecule has 1 amide bonds. The highest BCUT2D eigenvalue weighted by Crippen LogP contribution is 2.33. The fourth-order valence-corrected chi connectivity index (χ4v) is 5.54. The SMILES string of the molecule is CCc1nc(C)sc1C(=O)Nc1nc2cc(C(=O)O)cc3c2n1CCCOCCCS3. The second-order valence-corrected chi connectivity index (χ2v) is 9.56. The van der Waals surface area contributed by atoms with E-state index in [1.54, 1.807) is 23.9 Å². The number of nitrogens with one attached hydrogen (secondary N) is 1. The summed E-state index contributed by atoms with van der Waals surface area (Å²) in [6, 6.07) is 3.26. The summed E-state index contributed by atoms with van der Waals surface area (Å²) in [6.07, 6.45) is 2.31. The number of ether oxygens (including phenoxy) is 1. The number of hydrogen-bond donors (Lipinski definition) is 2. The summed E-state index contributed by atoms with van der Waals surface area (Å²) >= 11 is 2.96. The molecule has 31 heavy (non-hydrogen) atoms. The third-order valence-corrected chi connectivity index (χ3v) is 7.11. The Morgan fingerprint density at radius 3 is 2.84 bits per heavy atom. The lowest BCUT2D eigenvalue weighted by Gasteiger charge is -2.12. The number of carbonyl (C=O) groups is 2. The number of carbonyl (C=O) groups excluding carboxylic acids is 1. The summed E-state index contributed by atoms with van der Waals surface area (Å²) in [7, 11) is 0. The number of amides is 1. The molecule has 8 nitrogen and oxygen atoms in total. The number of hydrogen-bond acceptors (Lipinski definition) is 7. The fraction of sp³-hybridized carbons (Fsp3) is 0.429. The molecule has 0 bridgehead atoms. The van der Waals surface area contributed by atoms with Crippen LogP contribution in [0.25, 0.3) is 11.0 Å². The van der Waals surface area contributed by atoms with Gasteiger partial charge in [-0.15, -0.1) is 23.1 Å². The molecule has 3 aromatic rings. The second kappa shape index (κ2) is 9.37. The van der Waals surface area contributed by atoms with Crippen LogP contribution in [0.1, 0.15) is 50.5 Å². The van der Waals surface area contributed by atoms with Crippen molar-refractivity contribution in [2.75, 3.05) is 24.3 Å². The topological polar surface area (TPSA) is 106 Å². The molecule has 0 spiro atoms. The smallest absolute Gasteiger partial charge is 0.335 e. The maximum Gasteiger partial charge on any atom is 0.335 e. The van der Waals surface area contributed by atoms with Crippen LogP contribution in [0.4, 0.5) is 5.95 Å². The van der Waals surface area contributed by atoms with Crippen molar-refractivity contribution in [2.24, 2.45) is 0 Å². The molecule has 2 N–H and O–H groups in total. The quantitative estimate of drug-likeness (QED) is 0.600.